The number of imide groups is 1. The van der Waals surface area contributed by atoms with E-state index in [1.54, 1.807) is 0 Å². The number of fused-ring (bicyclic) bond motifs is 1. The maximum absolute atomic E-state index is 12.0. The molecule has 0 aromatic heterocycles. The van der Waals surface area contributed by atoms with Gasteiger partial charge < -0.3 is 0 Å². The Morgan fingerprint density at radius 3 is 2.24 bits per heavy atom. The fourth-order valence-electron chi connectivity index (χ4n) is 2.78. The van der Waals surface area contributed by atoms with Crippen LogP contribution >= 0.6 is 0 Å². The summed E-state index contributed by atoms with van der Waals surface area (Å²) >= 11 is 0. The molecule has 4 heteroatoms. The quantitative estimate of drug-likeness (QED) is 0.545. The summed E-state index contributed by atoms with van der Waals surface area (Å²) < 4.78 is 0. The lowest BCUT2D eigenvalue weighted by molar-refractivity contribution is -0.140. The van der Waals surface area contributed by atoms with Crippen molar-refractivity contribution in [3.8, 4) is 0 Å². The number of carbonyl (C=O) groups excluding carboxylic acids is 3. The third-order valence-corrected chi connectivity index (χ3v) is 3.74. The van der Waals surface area contributed by atoms with E-state index < -0.39 is 0 Å². The minimum Gasteiger partial charge on any atom is -0.295 e. The molecule has 1 saturated heterocycles. The zero-order valence-corrected chi connectivity index (χ0v) is 9.85. The first-order chi connectivity index (χ1) is 8.15. The van der Waals surface area contributed by atoms with Crippen LogP contribution in [0, 0.1) is 11.8 Å². The standard InChI is InChI=1S/C13H17NO3/c1-2-9(15)7-8-14-12(16)10-5-3-4-6-11(10)13(14)17/h2,10-11H,1,3-8H2. The summed E-state index contributed by atoms with van der Waals surface area (Å²) in [5.74, 6) is -0.501. The Kier molecular flexibility index (Phi) is 3.41. The first kappa shape index (κ1) is 12.0. The molecular formula is C13H17NO3. The minimum atomic E-state index is -0.125. The van der Waals surface area contributed by atoms with E-state index in [1.165, 1.54) is 11.0 Å². The molecule has 2 unspecified atom stereocenters. The largest absolute Gasteiger partial charge is 0.295 e. The van der Waals surface area contributed by atoms with E-state index in [2.05, 4.69) is 6.58 Å². The molecule has 17 heavy (non-hydrogen) atoms. The van der Waals surface area contributed by atoms with Crippen LogP contribution in [0.2, 0.25) is 0 Å². The average molecular weight is 235 g/mol. The first-order valence-electron chi connectivity index (χ1n) is 6.15. The summed E-state index contributed by atoms with van der Waals surface area (Å²) in [6.45, 7) is 3.60. The van der Waals surface area contributed by atoms with Crippen LogP contribution in [0.1, 0.15) is 32.1 Å². The Hall–Kier alpha value is -1.45. The van der Waals surface area contributed by atoms with Crippen molar-refractivity contribution >= 4 is 17.6 Å². The number of allylic oxidation sites excluding steroid dienone is 1. The second-order valence-corrected chi connectivity index (χ2v) is 4.75. The number of carbonyl (C=O) groups is 3. The van der Waals surface area contributed by atoms with Gasteiger partial charge in [-0.2, -0.15) is 0 Å². The van der Waals surface area contributed by atoms with Gasteiger partial charge in [-0.3, -0.25) is 19.3 Å². The molecule has 0 spiro atoms. The summed E-state index contributed by atoms with van der Waals surface area (Å²) in [4.78, 5) is 36.4. The minimum absolute atomic E-state index is 0.0726. The number of likely N-dealkylation sites (tertiary alicyclic amines) is 1. The number of rotatable bonds is 4. The van der Waals surface area contributed by atoms with Crippen LogP contribution in [0.25, 0.3) is 0 Å². The second-order valence-electron chi connectivity index (χ2n) is 4.75. The zero-order valence-electron chi connectivity index (χ0n) is 9.85. The molecule has 2 atom stereocenters. The van der Waals surface area contributed by atoms with Gasteiger partial charge in [0.2, 0.25) is 11.8 Å². The van der Waals surface area contributed by atoms with Crippen molar-refractivity contribution in [2.45, 2.75) is 32.1 Å². The van der Waals surface area contributed by atoms with Gasteiger partial charge >= 0.3 is 0 Å². The Labute approximate surface area is 101 Å². The molecule has 0 N–H and O–H groups in total. The van der Waals surface area contributed by atoms with Crippen LogP contribution < -0.4 is 0 Å². The van der Waals surface area contributed by atoms with Crippen molar-refractivity contribution < 1.29 is 14.4 Å². The molecule has 1 heterocycles. The maximum atomic E-state index is 12.0. The van der Waals surface area contributed by atoms with Gasteiger partial charge in [0, 0.05) is 13.0 Å². The Morgan fingerprint density at radius 1 is 1.24 bits per heavy atom. The molecule has 4 nitrogen and oxygen atoms in total. The van der Waals surface area contributed by atoms with Crippen molar-refractivity contribution in [1.29, 1.82) is 0 Å². The topological polar surface area (TPSA) is 54.5 Å². The molecule has 0 aromatic carbocycles. The molecule has 0 radical (unpaired) electrons. The van der Waals surface area contributed by atoms with Gasteiger partial charge in [0.1, 0.15) is 0 Å². The monoisotopic (exact) mass is 235 g/mol. The molecule has 2 fully saturated rings. The lowest BCUT2D eigenvalue weighted by Crippen LogP contribution is -2.32. The lowest BCUT2D eigenvalue weighted by atomic mass is 9.81. The number of nitrogens with zero attached hydrogens (tertiary/aromatic N) is 1. The molecule has 0 bridgehead atoms. The van der Waals surface area contributed by atoms with E-state index in [9.17, 15) is 14.4 Å². The molecule has 1 aliphatic carbocycles. The lowest BCUT2D eigenvalue weighted by Gasteiger charge is -2.19. The van der Waals surface area contributed by atoms with E-state index >= 15 is 0 Å². The van der Waals surface area contributed by atoms with Gasteiger partial charge in [-0.25, -0.2) is 0 Å². The summed E-state index contributed by atoms with van der Waals surface area (Å²) in [6.07, 6.45) is 5.13. The number of ketones is 1. The molecule has 1 saturated carbocycles. The van der Waals surface area contributed by atoms with Gasteiger partial charge in [-0.05, 0) is 18.9 Å². The summed E-state index contributed by atoms with van der Waals surface area (Å²) in [6, 6.07) is 0. The zero-order chi connectivity index (χ0) is 12.4. The molecule has 2 rings (SSSR count). The highest BCUT2D eigenvalue weighted by molar-refractivity contribution is 6.05. The van der Waals surface area contributed by atoms with Crippen LogP contribution in [0.15, 0.2) is 12.7 Å². The van der Waals surface area contributed by atoms with E-state index in [-0.39, 0.29) is 42.4 Å². The molecule has 2 aliphatic rings. The third-order valence-electron chi connectivity index (χ3n) is 3.74. The van der Waals surface area contributed by atoms with Crippen molar-refractivity contribution in [3.05, 3.63) is 12.7 Å². The Bertz CT molecular complexity index is 351. The van der Waals surface area contributed by atoms with Gasteiger partial charge in [0.25, 0.3) is 0 Å². The van der Waals surface area contributed by atoms with Gasteiger partial charge in [0.15, 0.2) is 5.78 Å². The van der Waals surface area contributed by atoms with E-state index in [0.717, 1.165) is 25.7 Å². The fraction of sp³-hybridized carbons (Fsp3) is 0.615. The number of hydrogen-bond donors (Lipinski definition) is 0. The summed E-state index contributed by atoms with van der Waals surface area (Å²) in [7, 11) is 0. The van der Waals surface area contributed by atoms with E-state index in [1.807, 2.05) is 0 Å². The predicted octanol–water partition coefficient (Wildman–Crippen LogP) is 1.31. The highest BCUT2D eigenvalue weighted by Gasteiger charge is 2.47. The summed E-state index contributed by atoms with van der Waals surface area (Å²) in [5, 5.41) is 0. The number of amides is 2. The highest BCUT2D eigenvalue weighted by Crippen LogP contribution is 2.37. The van der Waals surface area contributed by atoms with Crippen molar-refractivity contribution in [2.24, 2.45) is 11.8 Å². The van der Waals surface area contributed by atoms with E-state index in [0.29, 0.717) is 0 Å². The molecule has 2 amide bonds. The van der Waals surface area contributed by atoms with E-state index in [4.69, 9.17) is 0 Å². The second kappa shape index (κ2) is 4.82. The van der Waals surface area contributed by atoms with Gasteiger partial charge in [-0.15, -0.1) is 0 Å². The van der Waals surface area contributed by atoms with Crippen LogP contribution in [-0.2, 0) is 14.4 Å². The molecule has 1 aliphatic heterocycles. The predicted molar refractivity (Wildman–Crippen MR) is 62.0 cm³/mol. The highest BCUT2D eigenvalue weighted by atomic mass is 16.2. The third kappa shape index (κ3) is 2.16. The smallest absolute Gasteiger partial charge is 0.233 e. The number of hydrogen-bond acceptors (Lipinski definition) is 3. The normalized spacial score (nSPS) is 28.1. The van der Waals surface area contributed by atoms with Crippen molar-refractivity contribution in [1.82, 2.24) is 4.90 Å². The van der Waals surface area contributed by atoms with Gasteiger partial charge in [-0.1, -0.05) is 19.4 Å². The summed E-state index contributed by atoms with van der Waals surface area (Å²) in [5.41, 5.74) is 0. The fourth-order valence-corrected chi connectivity index (χ4v) is 2.78. The van der Waals surface area contributed by atoms with Crippen LogP contribution in [0.4, 0.5) is 0 Å². The molecule has 92 valence electrons. The average Bonchev–Trinajstić information content (AvgIpc) is 2.60. The molecule has 0 aromatic rings. The van der Waals surface area contributed by atoms with Crippen LogP contribution in [0.3, 0.4) is 0 Å². The Morgan fingerprint density at radius 2 is 1.76 bits per heavy atom. The maximum Gasteiger partial charge on any atom is 0.233 e. The SMILES string of the molecule is C=CC(=O)CCN1C(=O)C2CCCCC2C1=O. The van der Waals surface area contributed by atoms with Crippen LogP contribution in [-0.4, -0.2) is 29.0 Å². The first-order valence-corrected chi connectivity index (χ1v) is 6.15. The van der Waals surface area contributed by atoms with Crippen LogP contribution in [0.5, 0.6) is 0 Å². The van der Waals surface area contributed by atoms with Gasteiger partial charge in [0.05, 0.1) is 11.8 Å². The molecular weight excluding hydrogens is 218 g/mol. The van der Waals surface area contributed by atoms with Crippen molar-refractivity contribution in [2.75, 3.05) is 6.54 Å². The van der Waals surface area contributed by atoms with Crippen molar-refractivity contribution in [3.63, 3.8) is 0 Å². The Balaban J connectivity index is 2.03.